The topological polar surface area (TPSA) is 45.7 Å². The van der Waals surface area contributed by atoms with Crippen molar-refractivity contribution in [3.05, 3.63) is 59.4 Å². The Kier molecular flexibility index (Phi) is 6.66. The van der Waals surface area contributed by atoms with Gasteiger partial charge in [-0.3, -0.25) is 5.43 Å². The first kappa shape index (κ1) is 21.4. The number of hydrazone groups is 1. The molecule has 0 fully saturated rings. The van der Waals surface area contributed by atoms with E-state index in [1.165, 1.54) is 42.2 Å². The van der Waals surface area contributed by atoms with Gasteiger partial charge < -0.3 is 10.1 Å². The Bertz CT molecular complexity index is 978. The third-order valence-electron chi connectivity index (χ3n) is 3.58. The Morgan fingerprint density at radius 3 is 2.62 bits per heavy atom. The molecular formula is C18H12ClF4N3OS2. The highest BCUT2D eigenvalue weighted by molar-refractivity contribution is 7.99. The zero-order valence-electron chi connectivity index (χ0n) is 14.4. The molecule has 0 saturated heterocycles. The van der Waals surface area contributed by atoms with Gasteiger partial charge >= 0.3 is 6.36 Å². The van der Waals surface area contributed by atoms with Gasteiger partial charge in [-0.15, -0.1) is 24.9 Å². The van der Waals surface area contributed by atoms with E-state index in [2.05, 4.69) is 20.6 Å². The maximum absolute atomic E-state index is 13.4. The number of benzene rings is 2. The smallest absolute Gasteiger partial charge is 0.406 e. The summed E-state index contributed by atoms with van der Waals surface area (Å²) in [6.45, 7) is 0. The van der Waals surface area contributed by atoms with Crippen LogP contribution >= 0.6 is 35.6 Å². The molecule has 0 saturated carbocycles. The summed E-state index contributed by atoms with van der Waals surface area (Å²) in [5.74, 6) is -0.160. The predicted molar refractivity (Wildman–Crippen MR) is 111 cm³/mol. The molecule has 0 unspecified atom stereocenters. The zero-order chi connectivity index (χ0) is 21.0. The fraction of sp³-hybridized carbons (Fsp3) is 0.111. The molecule has 3 rings (SSSR count). The van der Waals surface area contributed by atoms with Crippen LogP contribution in [0.1, 0.15) is 5.56 Å². The van der Waals surface area contributed by atoms with Crippen molar-refractivity contribution in [1.29, 1.82) is 0 Å². The average Bonchev–Trinajstić information content (AvgIpc) is 2.64. The van der Waals surface area contributed by atoms with Crippen LogP contribution in [0, 0.1) is 5.82 Å². The third-order valence-corrected chi connectivity index (χ3v) is 5.34. The van der Waals surface area contributed by atoms with E-state index in [0.29, 0.717) is 27.6 Å². The van der Waals surface area contributed by atoms with Crippen molar-refractivity contribution in [2.24, 2.45) is 5.10 Å². The van der Waals surface area contributed by atoms with Gasteiger partial charge in [-0.05, 0) is 54.7 Å². The highest BCUT2D eigenvalue weighted by atomic mass is 35.5. The number of thioether (sulfide) groups is 1. The molecule has 0 atom stereocenters. The molecule has 1 aliphatic rings. The second-order valence-corrected chi connectivity index (χ2v) is 7.47. The van der Waals surface area contributed by atoms with Crippen molar-refractivity contribution in [3.63, 3.8) is 0 Å². The summed E-state index contributed by atoms with van der Waals surface area (Å²) in [6, 6.07) is 9.48. The van der Waals surface area contributed by atoms with Gasteiger partial charge in [0.15, 0.2) is 5.11 Å². The minimum absolute atomic E-state index is 0.123. The van der Waals surface area contributed by atoms with Crippen LogP contribution in [0.25, 0.3) is 5.03 Å². The number of ether oxygens (including phenoxy) is 1. The van der Waals surface area contributed by atoms with Crippen LogP contribution in [0.4, 0.5) is 23.2 Å². The largest absolute Gasteiger partial charge is 0.573 e. The number of alkyl halides is 3. The second-order valence-electron chi connectivity index (χ2n) is 5.66. The molecule has 0 bridgehead atoms. The minimum Gasteiger partial charge on any atom is -0.406 e. The lowest BCUT2D eigenvalue weighted by Gasteiger charge is -2.17. The van der Waals surface area contributed by atoms with Gasteiger partial charge in [-0.1, -0.05) is 11.6 Å². The van der Waals surface area contributed by atoms with Crippen molar-refractivity contribution >= 4 is 57.6 Å². The first-order valence-corrected chi connectivity index (χ1v) is 9.76. The Balaban J connectivity index is 1.58. The number of anilines is 1. The maximum Gasteiger partial charge on any atom is 0.573 e. The molecule has 0 aromatic heterocycles. The zero-order valence-corrected chi connectivity index (χ0v) is 16.8. The van der Waals surface area contributed by atoms with Gasteiger partial charge in [0.25, 0.3) is 0 Å². The number of rotatable bonds is 4. The van der Waals surface area contributed by atoms with E-state index in [0.717, 1.165) is 17.0 Å². The summed E-state index contributed by atoms with van der Waals surface area (Å²) in [6.07, 6.45) is -3.27. The molecule has 0 amide bonds. The standard InChI is InChI=1S/C18H12ClF4N3OS2/c19-16-10(9-29-15-6-1-11(20)7-14(15)16)8-24-26-17(28)25-12-2-4-13(5-3-12)27-18(21,22)23/h1-8H,9H2,(H2,25,26,28)/b24-8+. The van der Waals surface area contributed by atoms with Crippen molar-refractivity contribution in [2.75, 3.05) is 11.1 Å². The SMILES string of the molecule is Fc1ccc2c(c1)C(Cl)=C(/C=N/NC(=S)Nc1ccc(OC(F)(F)F)cc1)CS2. The Morgan fingerprint density at radius 2 is 1.93 bits per heavy atom. The summed E-state index contributed by atoms with van der Waals surface area (Å²) < 4.78 is 53.7. The number of nitrogens with zero attached hydrogens (tertiary/aromatic N) is 1. The maximum atomic E-state index is 13.4. The van der Waals surface area contributed by atoms with Crippen molar-refractivity contribution in [2.45, 2.75) is 11.3 Å². The number of fused-ring (bicyclic) bond motifs is 1. The van der Waals surface area contributed by atoms with Crippen LogP contribution in [0.5, 0.6) is 5.75 Å². The number of hydrogen-bond acceptors (Lipinski definition) is 4. The average molecular weight is 462 g/mol. The molecule has 2 N–H and O–H groups in total. The van der Waals surface area contributed by atoms with Gasteiger partial charge in [-0.25, -0.2) is 4.39 Å². The summed E-state index contributed by atoms with van der Waals surface area (Å²) in [5, 5.41) is 7.30. The molecule has 0 aliphatic carbocycles. The molecular weight excluding hydrogens is 450 g/mol. The molecule has 152 valence electrons. The first-order valence-electron chi connectivity index (χ1n) is 7.98. The predicted octanol–water partition coefficient (Wildman–Crippen LogP) is 5.75. The van der Waals surface area contributed by atoms with Crippen molar-refractivity contribution in [3.8, 4) is 5.75 Å². The van der Waals surface area contributed by atoms with Crippen molar-refractivity contribution in [1.82, 2.24) is 5.43 Å². The fourth-order valence-electron chi connectivity index (χ4n) is 2.35. The Morgan fingerprint density at radius 1 is 1.21 bits per heavy atom. The lowest BCUT2D eigenvalue weighted by atomic mass is 10.1. The van der Waals surface area contributed by atoms with E-state index < -0.39 is 6.36 Å². The van der Waals surface area contributed by atoms with E-state index >= 15 is 0 Å². The molecule has 29 heavy (non-hydrogen) atoms. The second kappa shape index (κ2) is 9.02. The first-order chi connectivity index (χ1) is 13.7. The van der Waals surface area contributed by atoms with Gasteiger partial charge in [0, 0.05) is 27.5 Å². The lowest BCUT2D eigenvalue weighted by molar-refractivity contribution is -0.274. The molecule has 11 heteroatoms. The van der Waals surface area contributed by atoms with E-state index in [1.54, 1.807) is 6.07 Å². The van der Waals surface area contributed by atoms with Crippen LogP contribution in [0.2, 0.25) is 0 Å². The Labute approximate surface area is 178 Å². The van der Waals surface area contributed by atoms with Gasteiger partial charge in [0.05, 0.1) is 11.2 Å². The molecule has 0 radical (unpaired) electrons. The number of thiocarbonyl (C=S) groups is 1. The van der Waals surface area contributed by atoms with Crippen LogP contribution in [0.15, 0.2) is 58.0 Å². The normalized spacial score (nSPS) is 14.0. The quantitative estimate of drug-likeness (QED) is 0.262. The molecule has 1 heterocycles. The van der Waals surface area contributed by atoms with Crippen LogP contribution in [-0.4, -0.2) is 23.4 Å². The lowest BCUT2D eigenvalue weighted by Crippen LogP contribution is -2.24. The highest BCUT2D eigenvalue weighted by Crippen LogP contribution is 2.38. The van der Waals surface area contributed by atoms with Crippen LogP contribution in [-0.2, 0) is 0 Å². The van der Waals surface area contributed by atoms with Crippen LogP contribution in [0.3, 0.4) is 0 Å². The summed E-state index contributed by atoms with van der Waals surface area (Å²) in [4.78, 5) is 0.886. The number of nitrogens with one attached hydrogen (secondary N) is 2. The van der Waals surface area contributed by atoms with Gasteiger partial charge in [-0.2, -0.15) is 5.10 Å². The summed E-state index contributed by atoms with van der Waals surface area (Å²) >= 11 is 12.9. The fourth-order valence-corrected chi connectivity index (χ4v) is 3.94. The summed E-state index contributed by atoms with van der Waals surface area (Å²) in [7, 11) is 0. The third kappa shape index (κ3) is 6.09. The summed E-state index contributed by atoms with van der Waals surface area (Å²) in [5.41, 5.74) is 4.33. The van der Waals surface area contributed by atoms with E-state index in [9.17, 15) is 17.6 Å². The van der Waals surface area contributed by atoms with Gasteiger partial charge in [0.1, 0.15) is 11.6 Å². The number of hydrogen-bond donors (Lipinski definition) is 2. The molecule has 2 aromatic rings. The van der Waals surface area contributed by atoms with Crippen molar-refractivity contribution < 1.29 is 22.3 Å². The number of halogens is 5. The van der Waals surface area contributed by atoms with E-state index in [4.69, 9.17) is 23.8 Å². The Hall–Kier alpha value is -2.30. The molecule has 2 aromatic carbocycles. The monoisotopic (exact) mass is 461 g/mol. The minimum atomic E-state index is -4.75. The van der Waals surface area contributed by atoms with Gasteiger partial charge in [0.2, 0.25) is 0 Å². The molecule has 1 aliphatic heterocycles. The molecule has 0 spiro atoms. The van der Waals surface area contributed by atoms with E-state index in [-0.39, 0.29) is 16.7 Å². The van der Waals surface area contributed by atoms with Crippen LogP contribution < -0.4 is 15.5 Å². The highest BCUT2D eigenvalue weighted by Gasteiger charge is 2.30. The van der Waals surface area contributed by atoms with E-state index in [1.807, 2.05) is 0 Å². The molecule has 4 nitrogen and oxygen atoms in total.